The Kier molecular flexibility index (Phi) is 10.3. The highest BCUT2D eigenvalue weighted by atomic mass is 19.4. The molecule has 4 aromatic rings. The number of nitrogens with one attached hydrogen (secondary N) is 1. The Bertz CT molecular complexity index is 1650. The first-order chi connectivity index (χ1) is 21.3. The molecule has 2 aromatic heterocycles. The number of fused-ring (bicyclic) bond motifs is 3. The molecule has 0 unspecified atom stereocenters. The molecule has 0 radical (unpaired) electrons. The van der Waals surface area contributed by atoms with Gasteiger partial charge in [-0.3, -0.25) is 9.67 Å². The minimum atomic E-state index is -5.08. The van der Waals surface area contributed by atoms with Gasteiger partial charge < -0.3 is 15.5 Å². The number of benzene rings is 2. The quantitative estimate of drug-likeness (QED) is 0.147. The van der Waals surface area contributed by atoms with Crippen LogP contribution in [0.4, 0.5) is 26.3 Å². The van der Waals surface area contributed by atoms with Crippen molar-refractivity contribution in [1.82, 2.24) is 20.1 Å². The van der Waals surface area contributed by atoms with Gasteiger partial charge in [0.2, 0.25) is 0 Å². The minimum Gasteiger partial charge on any atom is -0.477 e. The topological polar surface area (TPSA) is 117 Å². The number of aryl methyl sites for hydroxylation is 2. The van der Waals surface area contributed by atoms with E-state index in [1.165, 1.54) is 12.1 Å². The molecule has 0 atom stereocenters. The molecule has 3 N–H and O–H groups in total. The molecular formula is C31H28F6N4O4. The van der Waals surface area contributed by atoms with E-state index >= 15 is 0 Å². The maximum absolute atomic E-state index is 13.3. The van der Waals surface area contributed by atoms with E-state index in [0.29, 0.717) is 38.0 Å². The Morgan fingerprint density at radius 2 is 1.58 bits per heavy atom. The van der Waals surface area contributed by atoms with Crippen LogP contribution in [0.15, 0.2) is 67.0 Å². The molecule has 1 aliphatic carbocycles. The van der Waals surface area contributed by atoms with E-state index in [0.717, 1.165) is 46.9 Å². The summed E-state index contributed by atoms with van der Waals surface area (Å²) in [5.74, 6) is -3.72. The average Bonchev–Trinajstić information content (AvgIpc) is 3.38. The number of rotatable bonds is 9. The van der Waals surface area contributed by atoms with Crippen LogP contribution in [-0.4, -0.2) is 56.2 Å². The summed E-state index contributed by atoms with van der Waals surface area (Å²) in [6.07, 6.45) is -3.15. The van der Waals surface area contributed by atoms with Crippen LogP contribution in [0.2, 0.25) is 0 Å². The largest absolute Gasteiger partial charge is 0.490 e. The monoisotopic (exact) mass is 634 g/mol. The van der Waals surface area contributed by atoms with Crippen LogP contribution in [0, 0.1) is 0 Å². The van der Waals surface area contributed by atoms with E-state index < -0.39 is 29.9 Å². The van der Waals surface area contributed by atoms with Gasteiger partial charge in [0.15, 0.2) is 0 Å². The second-order valence-corrected chi connectivity index (χ2v) is 10.1. The zero-order chi connectivity index (χ0) is 32.8. The molecule has 0 amide bonds. The van der Waals surface area contributed by atoms with E-state index in [4.69, 9.17) is 9.90 Å². The van der Waals surface area contributed by atoms with Gasteiger partial charge in [0.1, 0.15) is 5.69 Å². The van der Waals surface area contributed by atoms with Crippen LogP contribution in [0.3, 0.4) is 0 Å². The molecule has 2 aromatic carbocycles. The zero-order valence-electron chi connectivity index (χ0n) is 23.6. The standard InChI is InChI=1S/C29H27F3N4O2.C2HF3O2/c30-29(31,32)25-5-2-1-4-22(25)20-8-6-19(7-9-20)12-15-33-14-3-17-36-27(28(37)38)24-11-10-21-18-34-16-13-23(21)26(24)35-36;3-2(4,5)1(6)7/h1-2,4-9,13,16,18,33H,3,10-12,14-15,17H2,(H,37,38);(H,6,7). The Morgan fingerprint density at radius 1 is 0.889 bits per heavy atom. The normalized spacial score (nSPS) is 12.5. The molecule has 0 spiro atoms. The van der Waals surface area contributed by atoms with E-state index in [1.807, 2.05) is 24.4 Å². The maximum Gasteiger partial charge on any atom is 0.490 e. The summed E-state index contributed by atoms with van der Waals surface area (Å²) >= 11 is 0. The molecule has 5 rings (SSSR count). The zero-order valence-corrected chi connectivity index (χ0v) is 23.6. The lowest BCUT2D eigenvalue weighted by Crippen LogP contribution is -2.21. The molecule has 0 saturated carbocycles. The summed E-state index contributed by atoms with van der Waals surface area (Å²) in [5.41, 5.74) is 4.90. The van der Waals surface area contributed by atoms with Crippen LogP contribution < -0.4 is 5.32 Å². The number of hydrogen-bond acceptors (Lipinski definition) is 5. The maximum atomic E-state index is 13.3. The predicted octanol–water partition coefficient (Wildman–Crippen LogP) is 6.28. The lowest BCUT2D eigenvalue weighted by Gasteiger charge is -2.14. The number of pyridine rings is 1. The smallest absolute Gasteiger partial charge is 0.477 e. The van der Waals surface area contributed by atoms with Gasteiger partial charge in [0.05, 0.1) is 11.3 Å². The van der Waals surface area contributed by atoms with E-state index in [-0.39, 0.29) is 11.3 Å². The predicted molar refractivity (Wildman–Crippen MR) is 152 cm³/mol. The average molecular weight is 635 g/mol. The number of alkyl halides is 6. The van der Waals surface area contributed by atoms with Crippen molar-refractivity contribution in [3.8, 4) is 22.4 Å². The summed E-state index contributed by atoms with van der Waals surface area (Å²) in [4.78, 5) is 25.1. The molecule has 0 aliphatic heterocycles. The molecule has 238 valence electrons. The summed E-state index contributed by atoms with van der Waals surface area (Å²) < 4.78 is 73.3. The first-order valence-electron chi connectivity index (χ1n) is 13.8. The van der Waals surface area contributed by atoms with Gasteiger partial charge >= 0.3 is 24.3 Å². The molecule has 8 nitrogen and oxygen atoms in total. The second kappa shape index (κ2) is 13.9. The highest BCUT2D eigenvalue weighted by Gasteiger charge is 2.38. The van der Waals surface area contributed by atoms with Gasteiger partial charge in [-0.05, 0) is 73.2 Å². The third-order valence-electron chi connectivity index (χ3n) is 7.11. The van der Waals surface area contributed by atoms with Crippen molar-refractivity contribution in [1.29, 1.82) is 0 Å². The van der Waals surface area contributed by atoms with Gasteiger partial charge in [0.25, 0.3) is 0 Å². The van der Waals surface area contributed by atoms with Crippen LogP contribution in [0.5, 0.6) is 0 Å². The van der Waals surface area contributed by atoms with Gasteiger partial charge in [-0.2, -0.15) is 31.4 Å². The van der Waals surface area contributed by atoms with E-state index in [1.54, 1.807) is 29.1 Å². The second-order valence-electron chi connectivity index (χ2n) is 10.1. The number of nitrogens with zero attached hydrogens (tertiary/aromatic N) is 3. The van der Waals surface area contributed by atoms with Crippen molar-refractivity contribution in [2.24, 2.45) is 0 Å². The number of aromatic nitrogens is 3. The van der Waals surface area contributed by atoms with Gasteiger partial charge in [-0.1, -0.05) is 42.5 Å². The van der Waals surface area contributed by atoms with E-state index in [2.05, 4.69) is 15.4 Å². The van der Waals surface area contributed by atoms with Gasteiger partial charge in [-0.25, -0.2) is 9.59 Å². The highest BCUT2D eigenvalue weighted by molar-refractivity contribution is 5.90. The fraction of sp³-hybridized carbons (Fsp3) is 0.290. The lowest BCUT2D eigenvalue weighted by molar-refractivity contribution is -0.192. The Morgan fingerprint density at radius 3 is 2.22 bits per heavy atom. The van der Waals surface area contributed by atoms with Crippen molar-refractivity contribution in [2.75, 3.05) is 13.1 Å². The first-order valence-corrected chi connectivity index (χ1v) is 13.8. The fourth-order valence-corrected chi connectivity index (χ4v) is 5.02. The summed E-state index contributed by atoms with van der Waals surface area (Å²) in [6, 6.07) is 14.6. The molecular weight excluding hydrogens is 606 g/mol. The summed E-state index contributed by atoms with van der Waals surface area (Å²) in [5, 5.41) is 25.0. The third kappa shape index (κ3) is 8.26. The highest BCUT2D eigenvalue weighted by Crippen LogP contribution is 2.37. The Labute approximate surface area is 253 Å². The molecule has 14 heteroatoms. The van der Waals surface area contributed by atoms with Gasteiger partial charge in [-0.15, -0.1) is 0 Å². The number of aromatic carboxylic acids is 1. The molecule has 0 saturated heterocycles. The van der Waals surface area contributed by atoms with Gasteiger partial charge in [0, 0.05) is 30.1 Å². The van der Waals surface area contributed by atoms with Crippen molar-refractivity contribution >= 4 is 11.9 Å². The first kappa shape index (κ1) is 33.2. The Hall–Kier alpha value is -4.72. The van der Waals surface area contributed by atoms with Crippen LogP contribution in [0.25, 0.3) is 22.4 Å². The Balaban J connectivity index is 0.000000591. The molecule has 1 aliphatic rings. The number of carbonyl (C=O) groups is 2. The third-order valence-corrected chi connectivity index (χ3v) is 7.11. The lowest BCUT2D eigenvalue weighted by atomic mass is 9.90. The summed E-state index contributed by atoms with van der Waals surface area (Å²) in [6.45, 7) is 1.86. The molecule has 0 fully saturated rings. The fourth-order valence-electron chi connectivity index (χ4n) is 5.02. The van der Waals surface area contributed by atoms with Crippen LogP contribution in [0.1, 0.15) is 39.2 Å². The molecule has 2 heterocycles. The van der Waals surface area contributed by atoms with E-state index in [9.17, 15) is 36.2 Å². The number of carboxylic acid groups (broad SMARTS) is 2. The number of halogens is 6. The minimum absolute atomic E-state index is 0.172. The number of carboxylic acids is 2. The van der Waals surface area contributed by atoms with Crippen LogP contribution >= 0.6 is 0 Å². The van der Waals surface area contributed by atoms with Crippen molar-refractivity contribution in [2.45, 2.75) is 44.6 Å². The number of hydrogen-bond donors (Lipinski definition) is 3. The van der Waals surface area contributed by atoms with Crippen molar-refractivity contribution in [3.63, 3.8) is 0 Å². The van der Waals surface area contributed by atoms with Crippen molar-refractivity contribution < 1.29 is 46.1 Å². The van der Waals surface area contributed by atoms with Crippen molar-refractivity contribution in [3.05, 3.63) is 94.9 Å². The molecule has 0 bridgehead atoms. The van der Waals surface area contributed by atoms with Crippen LogP contribution in [-0.2, 0) is 36.8 Å². The number of aliphatic carboxylic acids is 1. The molecule has 45 heavy (non-hydrogen) atoms. The SMILES string of the molecule is O=C(O)C(F)(F)F.O=C(O)c1c2c(nn1CCCNCCc1ccc(-c3ccccc3C(F)(F)F)cc1)-c1ccncc1CC2. The summed E-state index contributed by atoms with van der Waals surface area (Å²) in [7, 11) is 0.